The third kappa shape index (κ3) is 3.33. The van der Waals surface area contributed by atoms with Crippen molar-refractivity contribution >= 4 is 28.2 Å². The van der Waals surface area contributed by atoms with Crippen LogP contribution in [-0.2, 0) is 6.54 Å². The molecule has 1 saturated heterocycles. The molecular weight excluding hydrogens is 362 g/mol. The van der Waals surface area contributed by atoms with Crippen molar-refractivity contribution in [2.75, 3.05) is 13.7 Å². The normalized spacial score (nSPS) is 18.1. The number of carboxylic acids is 1. The number of methoxy groups -OCH3 is 1. The highest BCUT2D eigenvalue weighted by Crippen LogP contribution is 2.37. The lowest BCUT2D eigenvalue weighted by molar-refractivity contribution is 0.0690. The predicted octanol–water partition coefficient (Wildman–Crippen LogP) is 4.37. The number of piperidine rings is 1. The number of H-pyrrole nitrogens is 1. The fourth-order valence-electron chi connectivity index (χ4n) is 3.98. The Labute approximate surface area is 161 Å². The van der Waals surface area contributed by atoms with Gasteiger partial charge in [-0.05, 0) is 44.0 Å². The van der Waals surface area contributed by atoms with Crippen LogP contribution < -0.4 is 4.74 Å². The van der Waals surface area contributed by atoms with Crippen molar-refractivity contribution in [1.82, 2.24) is 14.9 Å². The summed E-state index contributed by atoms with van der Waals surface area (Å²) in [5.74, 6) is -0.0663. The molecule has 0 bridgehead atoms. The van der Waals surface area contributed by atoms with Gasteiger partial charge in [-0.1, -0.05) is 6.42 Å². The molecule has 3 aromatic rings. The standard InChI is InChI=1S/C20H23N3O3S/c1-12-9-17(26-2)14(13-6-7-21-18(12)13)10-23-8-4-3-5-16(23)19-22-15(11-27-19)20(24)25/h6-7,9,11,16,21H,3-5,8,10H2,1-2H3,(H,24,25). The molecule has 0 spiro atoms. The van der Waals surface area contributed by atoms with Crippen molar-refractivity contribution in [3.63, 3.8) is 0 Å². The predicted molar refractivity (Wildman–Crippen MR) is 106 cm³/mol. The van der Waals surface area contributed by atoms with Crippen LogP contribution in [0.5, 0.6) is 5.75 Å². The third-order valence-electron chi connectivity index (χ3n) is 5.33. The molecule has 2 N–H and O–H groups in total. The van der Waals surface area contributed by atoms with Gasteiger partial charge in [0, 0.05) is 34.6 Å². The van der Waals surface area contributed by atoms with Crippen LogP contribution in [0.2, 0.25) is 0 Å². The Bertz CT molecular complexity index is 978. The van der Waals surface area contributed by atoms with E-state index in [1.807, 2.05) is 6.20 Å². The van der Waals surface area contributed by atoms with Crippen LogP contribution in [0.15, 0.2) is 23.7 Å². The van der Waals surface area contributed by atoms with Crippen LogP contribution >= 0.6 is 11.3 Å². The number of hydrogen-bond donors (Lipinski definition) is 2. The summed E-state index contributed by atoms with van der Waals surface area (Å²) in [6, 6.07) is 4.33. The summed E-state index contributed by atoms with van der Waals surface area (Å²) in [5.41, 5.74) is 3.61. The second kappa shape index (κ2) is 7.32. The van der Waals surface area contributed by atoms with Crippen molar-refractivity contribution in [1.29, 1.82) is 0 Å². The van der Waals surface area contributed by atoms with E-state index in [0.29, 0.717) is 0 Å². The molecule has 0 radical (unpaired) electrons. The van der Waals surface area contributed by atoms with Crippen molar-refractivity contribution in [2.45, 2.75) is 38.8 Å². The van der Waals surface area contributed by atoms with E-state index >= 15 is 0 Å². The van der Waals surface area contributed by atoms with E-state index in [1.165, 1.54) is 22.3 Å². The zero-order valence-corrected chi connectivity index (χ0v) is 16.3. The van der Waals surface area contributed by atoms with Gasteiger partial charge in [-0.15, -0.1) is 11.3 Å². The molecule has 3 heterocycles. The van der Waals surface area contributed by atoms with E-state index in [-0.39, 0.29) is 11.7 Å². The van der Waals surface area contributed by atoms with Crippen molar-refractivity contribution in [3.05, 3.63) is 45.5 Å². The number of ether oxygens (including phenoxy) is 1. The van der Waals surface area contributed by atoms with Crippen LogP contribution in [0.25, 0.3) is 10.9 Å². The Balaban J connectivity index is 1.69. The van der Waals surface area contributed by atoms with E-state index in [4.69, 9.17) is 4.74 Å². The minimum absolute atomic E-state index is 0.140. The summed E-state index contributed by atoms with van der Waals surface area (Å²) >= 11 is 1.45. The first-order valence-electron chi connectivity index (χ1n) is 9.14. The number of carboxylic acid groups (broad SMARTS) is 1. The molecule has 0 aliphatic carbocycles. The molecule has 1 aliphatic rings. The Morgan fingerprint density at radius 2 is 2.33 bits per heavy atom. The van der Waals surface area contributed by atoms with Gasteiger partial charge in [-0.25, -0.2) is 9.78 Å². The largest absolute Gasteiger partial charge is 0.496 e. The number of fused-ring (bicyclic) bond motifs is 1. The highest BCUT2D eigenvalue weighted by atomic mass is 32.1. The van der Waals surface area contributed by atoms with E-state index in [0.717, 1.165) is 54.2 Å². The highest BCUT2D eigenvalue weighted by Gasteiger charge is 2.28. The fraction of sp³-hybridized carbons (Fsp3) is 0.400. The lowest BCUT2D eigenvalue weighted by Gasteiger charge is -2.35. The number of aryl methyl sites for hydroxylation is 1. The van der Waals surface area contributed by atoms with Crippen LogP contribution in [-0.4, -0.2) is 39.6 Å². The number of thiazole rings is 1. The van der Waals surface area contributed by atoms with Gasteiger partial charge in [-0.2, -0.15) is 0 Å². The number of nitrogens with zero attached hydrogens (tertiary/aromatic N) is 2. The molecule has 27 heavy (non-hydrogen) atoms. The summed E-state index contributed by atoms with van der Waals surface area (Å²) in [5, 5.41) is 12.9. The minimum atomic E-state index is -0.964. The fourth-order valence-corrected chi connectivity index (χ4v) is 4.94. The molecule has 1 unspecified atom stereocenters. The topological polar surface area (TPSA) is 78.5 Å². The summed E-state index contributed by atoms with van der Waals surface area (Å²) in [7, 11) is 1.71. The summed E-state index contributed by atoms with van der Waals surface area (Å²) in [6.45, 7) is 3.80. The number of likely N-dealkylation sites (tertiary alicyclic amines) is 1. The van der Waals surface area contributed by atoms with E-state index in [2.05, 4.69) is 33.9 Å². The van der Waals surface area contributed by atoms with Gasteiger partial charge in [0.25, 0.3) is 0 Å². The minimum Gasteiger partial charge on any atom is -0.496 e. The number of hydrogen-bond acceptors (Lipinski definition) is 5. The molecule has 1 aromatic carbocycles. The van der Waals surface area contributed by atoms with Gasteiger partial charge in [-0.3, -0.25) is 4.90 Å². The van der Waals surface area contributed by atoms with E-state index < -0.39 is 5.97 Å². The smallest absolute Gasteiger partial charge is 0.355 e. The highest BCUT2D eigenvalue weighted by molar-refractivity contribution is 7.09. The van der Waals surface area contributed by atoms with Gasteiger partial charge in [0.1, 0.15) is 10.8 Å². The number of rotatable bonds is 5. The average Bonchev–Trinajstić information content (AvgIpc) is 3.34. The number of aromatic amines is 1. The molecule has 0 saturated carbocycles. The SMILES string of the molecule is COc1cc(C)c2[nH]ccc2c1CN1CCCCC1c1nc(C(=O)O)cs1. The van der Waals surface area contributed by atoms with Gasteiger partial charge in [0.05, 0.1) is 13.2 Å². The quantitative estimate of drug-likeness (QED) is 0.682. The average molecular weight is 385 g/mol. The third-order valence-corrected chi connectivity index (χ3v) is 6.28. The molecular formula is C20H23N3O3S. The van der Waals surface area contributed by atoms with Gasteiger partial charge < -0.3 is 14.8 Å². The van der Waals surface area contributed by atoms with Gasteiger partial charge >= 0.3 is 5.97 Å². The lowest BCUT2D eigenvalue weighted by Crippen LogP contribution is -2.33. The molecule has 4 rings (SSSR count). The Hall–Kier alpha value is -2.38. The first-order valence-corrected chi connectivity index (χ1v) is 10.0. The maximum Gasteiger partial charge on any atom is 0.355 e. The molecule has 1 atom stereocenters. The number of carbonyl (C=O) groups is 1. The number of nitrogens with one attached hydrogen (secondary N) is 1. The molecule has 7 heteroatoms. The second-order valence-corrected chi connectivity index (χ2v) is 7.89. The maximum absolute atomic E-state index is 11.2. The van der Waals surface area contributed by atoms with Crippen LogP contribution in [0.3, 0.4) is 0 Å². The van der Waals surface area contributed by atoms with E-state index in [9.17, 15) is 9.90 Å². The number of aromatic nitrogens is 2. The number of aromatic carboxylic acids is 1. The number of benzene rings is 1. The monoisotopic (exact) mass is 385 g/mol. The molecule has 1 aliphatic heterocycles. The van der Waals surface area contributed by atoms with Crippen LogP contribution in [0, 0.1) is 6.92 Å². The zero-order valence-electron chi connectivity index (χ0n) is 15.5. The molecule has 6 nitrogen and oxygen atoms in total. The Morgan fingerprint density at radius 1 is 1.48 bits per heavy atom. The van der Waals surface area contributed by atoms with Crippen molar-refractivity contribution < 1.29 is 14.6 Å². The van der Waals surface area contributed by atoms with Crippen molar-refractivity contribution in [3.8, 4) is 5.75 Å². The maximum atomic E-state index is 11.2. The molecule has 2 aromatic heterocycles. The van der Waals surface area contributed by atoms with Crippen LogP contribution in [0.4, 0.5) is 0 Å². The first kappa shape index (κ1) is 18.0. The van der Waals surface area contributed by atoms with Gasteiger partial charge in [0.2, 0.25) is 0 Å². The van der Waals surface area contributed by atoms with Gasteiger partial charge in [0.15, 0.2) is 5.69 Å². The Morgan fingerprint density at radius 3 is 3.07 bits per heavy atom. The van der Waals surface area contributed by atoms with Crippen LogP contribution in [0.1, 0.15) is 51.9 Å². The molecule has 1 fully saturated rings. The van der Waals surface area contributed by atoms with Crippen molar-refractivity contribution in [2.24, 2.45) is 0 Å². The second-order valence-electron chi connectivity index (χ2n) is 7.00. The first-order chi connectivity index (χ1) is 13.1. The summed E-state index contributed by atoms with van der Waals surface area (Å²) < 4.78 is 5.69. The molecule has 0 amide bonds. The zero-order chi connectivity index (χ0) is 19.0. The lowest BCUT2D eigenvalue weighted by atomic mass is 9.99. The molecule has 142 valence electrons. The summed E-state index contributed by atoms with van der Waals surface area (Å²) in [4.78, 5) is 21.3. The van der Waals surface area contributed by atoms with E-state index in [1.54, 1.807) is 12.5 Å². The Kier molecular flexibility index (Phi) is 4.88. The summed E-state index contributed by atoms with van der Waals surface area (Å²) in [6.07, 6.45) is 5.23.